The third kappa shape index (κ3) is 2.79. The Morgan fingerprint density at radius 3 is 2.22 bits per heavy atom. The van der Waals surface area contributed by atoms with Gasteiger partial charge in [0.2, 0.25) is 5.88 Å². The van der Waals surface area contributed by atoms with E-state index in [0.717, 1.165) is 6.42 Å². The number of rotatable bonds is 3. The van der Waals surface area contributed by atoms with Crippen molar-refractivity contribution in [2.45, 2.75) is 53.5 Å². The highest BCUT2D eigenvalue weighted by Gasteiger charge is 2.24. The molecule has 0 amide bonds. The van der Waals surface area contributed by atoms with Crippen LogP contribution >= 0.6 is 0 Å². The van der Waals surface area contributed by atoms with Crippen molar-refractivity contribution in [3.63, 3.8) is 0 Å². The van der Waals surface area contributed by atoms with Gasteiger partial charge in [0.05, 0.1) is 5.69 Å². The van der Waals surface area contributed by atoms with E-state index in [4.69, 9.17) is 5.26 Å². The Morgan fingerprint density at radius 1 is 1.28 bits per heavy atom. The monoisotopic (exact) mass is 250 g/mol. The molecule has 0 unspecified atom stereocenters. The van der Waals surface area contributed by atoms with E-state index in [0.29, 0.717) is 12.2 Å². The lowest BCUT2D eigenvalue weighted by Crippen LogP contribution is -2.12. The second-order valence-electron chi connectivity index (χ2n) is 6.16. The van der Waals surface area contributed by atoms with Gasteiger partial charge in [-0.05, 0) is 17.8 Å². The van der Waals surface area contributed by atoms with Crippen LogP contribution in [0, 0.1) is 16.7 Å². The highest BCUT2D eigenvalue weighted by molar-refractivity contribution is 5.55. The lowest BCUT2D eigenvalue weighted by atomic mass is 9.92. The van der Waals surface area contributed by atoms with Crippen LogP contribution in [0.25, 0.3) is 0 Å². The van der Waals surface area contributed by atoms with Crippen molar-refractivity contribution < 1.29 is 10.2 Å². The topological polar surface area (TPSA) is 69.2 Å². The molecule has 100 valence electrons. The third-order valence-electron chi connectivity index (χ3n) is 2.99. The molecule has 0 radical (unpaired) electrons. The van der Waals surface area contributed by atoms with Gasteiger partial charge in [0.25, 0.3) is 0 Å². The van der Waals surface area contributed by atoms with Gasteiger partial charge >= 0.3 is 0 Å². The molecule has 1 aromatic rings. The van der Waals surface area contributed by atoms with E-state index in [9.17, 15) is 10.2 Å². The van der Waals surface area contributed by atoms with Gasteiger partial charge in [-0.15, -0.1) is 0 Å². The highest BCUT2D eigenvalue weighted by atomic mass is 16.3. The maximum Gasteiger partial charge on any atom is 0.213 e. The Hall–Kier alpha value is -1.63. The first-order valence-corrected chi connectivity index (χ1v) is 6.23. The van der Waals surface area contributed by atoms with Crippen molar-refractivity contribution in [3.8, 4) is 17.7 Å². The molecule has 0 fully saturated rings. The van der Waals surface area contributed by atoms with E-state index in [-0.39, 0.29) is 28.5 Å². The largest absolute Gasteiger partial charge is 0.505 e. The van der Waals surface area contributed by atoms with Gasteiger partial charge in [-0.2, -0.15) is 5.26 Å². The maximum atomic E-state index is 10.0. The predicted octanol–water partition coefficient (Wildman–Crippen LogP) is 3.33. The molecular formula is C14H22N2O2. The Labute approximate surface area is 108 Å². The molecule has 0 atom stereocenters. The first kappa shape index (κ1) is 14.4. The second kappa shape index (κ2) is 4.93. The molecule has 4 heteroatoms. The number of aromatic hydroxyl groups is 2. The first-order chi connectivity index (χ1) is 8.19. The van der Waals surface area contributed by atoms with Crippen LogP contribution in [0.2, 0.25) is 0 Å². The lowest BCUT2D eigenvalue weighted by Gasteiger charge is -2.20. The van der Waals surface area contributed by atoms with Crippen molar-refractivity contribution in [3.05, 3.63) is 11.3 Å². The summed E-state index contributed by atoms with van der Waals surface area (Å²) >= 11 is 0. The summed E-state index contributed by atoms with van der Waals surface area (Å²) in [5, 5.41) is 29.0. The summed E-state index contributed by atoms with van der Waals surface area (Å²) in [6, 6.07) is 1.86. The van der Waals surface area contributed by atoms with E-state index in [1.165, 1.54) is 0 Å². The molecule has 0 aliphatic carbocycles. The number of hydrogen-bond acceptors (Lipinski definition) is 3. The fourth-order valence-electron chi connectivity index (χ4n) is 1.97. The molecule has 0 aliphatic heterocycles. The molecule has 1 rings (SSSR count). The van der Waals surface area contributed by atoms with Gasteiger partial charge < -0.3 is 14.8 Å². The second-order valence-corrected chi connectivity index (χ2v) is 6.16. The van der Waals surface area contributed by atoms with E-state index < -0.39 is 0 Å². The number of nitriles is 1. The molecule has 0 aromatic carbocycles. The molecule has 2 N–H and O–H groups in total. The maximum absolute atomic E-state index is 10.0. The van der Waals surface area contributed by atoms with Crippen LogP contribution < -0.4 is 0 Å². The molecule has 1 heterocycles. The summed E-state index contributed by atoms with van der Waals surface area (Å²) in [7, 11) is 0. The zero-order valence-electron chi connectivity index (χ0n) is 11.8. The molecule has 0 bridgehead atoms. The zero-order chi connectivity index (χ0) is 14.1. The minimum absolute atomic E-state index is 0.0207. The van der Waals surface area contributed by atoms with Crippen LogP contribution in [0.15, 0.2) is 0 Å². The van der Waals surface area contributed by atoms with Crippen molar-refractivity contribution in [1.29, 1.82) is 5.26 Å². The summed E-state index contributed by atoms with van der Waals surface area (Å²) in [6.45, 7) is 10.8. The molecule has 18 heavy (non-hydrogen) atoms. The van der Waals surface area contributed by atoms with E-state index in [2.05, 4.69) is 20.8 Å². The summed E-state index contributed by atoms with van der Waals surface area (Å²) in [5.74, 6) is -0.153. The number of hydrogen-bond donors (Lipinski definition) is 2. The van der Waals surface area contributed by atoms with E-state index >= 15 is 0 Å². The minimum Gasteiger partial charge on any atom is -0.505 e. The normalized spacial score (nSPS) is 11.8. The van der Waals surface area contributed by atoms with Crippen LogP contribution in [-0.2, 0) is 6.54 Å². The van der Waals surface area contributed by atoms with E-state index in [1.54, 1.807) is 4.57 Å². The molecule has 1 aromatic heterocycles. The average Bonchev–Trinajstić information content (AvgIpc) is 2.45. The Balaban J connectivity index is 3.22. The van der Waals surface area contributed by atoms with Crippen LogP contribution in [0.1, 0.15) is 58.2 Å². The Morgan fingerprint density at radius 2 is 1.83 bits per heavy atom. The summed E-state index contributed by atoms with van der Waals surface area (Å²) in [6.07, 6.45) is 0.860. The molecule has 0 aliphatic rings. The zero-order valence-corrected chi connectivity index (χ0v) is 11.8. The van der Waals surface area contributed by atoms with Gasteiger partial charge in [0.15, 0.2) is 11.3 Å². The first-order valence-electron chi connectivity index (χ1n) is 6.23. The molecular weight excluding hydrogens is 228 g/mol. The van der Waals surface area contributed by atoms with Crippen molar-refractivity contribution in [1.82, 2.24) is 4.57 Å². The summed E-state index contributed by atoms with van der Waals surface area (Å²) < 4.78 is 1.66. The van der Waals surface area contributed by atoms with Crippen LogP contribution in [0.4, 0.5) is 0 Å². The predicted molar refractivity (Wildman–Crippen MR) is 70.6 cm³/mol. The smallest absolute Gasteiger partial charge is 0.213 e. The standard InChI is InChI=1S/C14H22N2O2/c1-9(2)11-12(17)10(8-15)13(18)16(11)7-6-14(3,4)5/h9,17-18H,6-7H2,1-5H3. The average molecular weight is 250 g/mol. The fraction of sp³-hybridized carbons (Fsp3) is 0.643. The van der Waals surface area contributed by atoms with Crippen LogP contribution in [0.5, 0.6) is 11.6 Å². The third-order valence-corrected chi connectivity index (χ3v) is 2.99. The minimum atomic E-state index is -0.122. The van der Waals surface area contributed by atoms with Crippen LogP contribution in [-0.4, -0.2) is 14.8 Å². The van der Waals surface area contributed by atoms with Gasteiger partial charge in [0.1, 0.15) is 6.07 Å². The molecule has 4 nitrogen and oxygen atoms in total. The number of nitrogens with zero attached hydrogens (tertiary/aromatic N) is 2. The van der Waals surface area contributed by atoms with Crippen LogP contribution in [0.3, 0.4) is 0 Å². The quantitative estimate of drug-likeness (QED) is 0.864. The van der Waals surface area contributed by atoms with Crippen molar-refractivity contribution in [2.75, 3.05) is 0 Å². The van der Waals surface area contributed by atoms with Gasteiger partial charge in [0, 0.05) is 6.54 Å². The Bertz CT molecular complexity index is 473. The SMILES string of the molecule is CC(C)c1c(O)c(C#N)c(O)n1CCC(C)(C)C. The van der Waals surface area contributed by atoms with E-state index in [1.807, 2.05) is 19.9 Å². The highest BCUT2D eigenvalue weighted by Crippen LogP contribution is 2.38. The Kier molecular flexibility index (Phi) is 3.95. The van der Waals surface area contributed by atoms with Gasteiger partial charge in [-0.3, -0.25) is 0 Å². The lowest BCUT2D eigenvalue weighted by molar-refractivity contribution is 0.326. The molecule has 0 saturated heterocycles. The van der Waals surface area contributed by atoms with Crippen molar-refractivity contribution in [2.24, 2.45) is 5.41 Å². The van der Waals surface area contributed by atoms with Crippen molar-refractivity contribution >= 4 is 0 Å². The summed E-state index contributed by atoms with van der Waals surface area (Å²) in [4.78, 5) is 0. The molecule has 0 spiro atoms. The fourth-order valence-corrected chi connectivity index (χ4v) is 1.97. The number of aromatic nitrogens is 1. The molecule has 0 saturated carbocycles. The summed E-state index contributed by atoms with van der Waals surface area (Å²) in [5.41, 5.74) is 0.744. The van der Waals surface area contributed by atoms with Gasteiger partial charge in [-0.25, -0.2) is 0 Å². The van der Waals surface area contributed by atoms with Gasteiger partial charge in [-0.1, -0.05) is 34.6 Å².